The summed E-state index contributed by atoms with van der Waals surface area (Å²) in [7, 11) is 2.06. The fraction of sp³-hybridized carbons (Fsp3) is 0.500. The third-order valence-corrected chi connectivity index (χ3v) is 3.87. The maximum absolute atomic E-state index is 10.8. The number of likely N-dealkylation sites (tertiary alicyclic amines) is 1. The number of nitro groups is 1. The predicted molar refractivity (Wildman–Crippen MR) is 75.7 cm³/mol. The third-order valence-electron chi connectivity index (χ3n) is 3.87. The van der Waals surface area contributed by atoms with Crippen molar-refractivity contribution < 1.29 is 19.6 Å². The first-order chi connectivity index (χ1) is 9.97. The summed E-state index contributed by atoms with van der Waals surface area (Å²) in [5.74, 6) is 0.175. The lowest BCUT2D eigenvalue weighted by atomic mass is 10.0. The molecule has 1 atom stereocenters. The number of hydrogen-bond donors (Lipinski definition) is 1. The summed E-state index contributed by atoms with van der Waals surface area (Å²) < 4.78 is 4.70. The van der Waals surface area contributed by atoms with E-state index < -0.39 is 11.1 Å². The van der Waals surface area contributed by atoms with Gasteiger partial charge in [-0.15, -0.1) is 0 Å². The van der Waals surface area contributed by atoms with Gasteiger partial charge < -0.3 is 14.7 Å². The smallest absolute Gasteiger partial charge is 0.449 e. The number of ether oxygens (including phenoxy) is 1. The van der Waals surface area contributed by atoms with Gasteiger partial charge in [0.05, 0.1) is 4.92 Å². The van der Waals surface area contributed by atoms with Crippen molar-refractivity contribution in [3.63, 3.8) is 0 Å². The average molecular weight is 294 g/mol. The number of hydrogen-bond acceptors (Lipinski definition) is 5. The van der Waals surface area contributed by atoms with Crippen molar-refractivity contribution in [1.29, 1.82) is 0 Å². The van der Waals surface area contributed by atoms with Crippen molar-refractivity contribution in [2.45, 2.75) is 31.7 Å². The molecule has 1 saturated heterocycles. The highest BCUT2D eigenvalue weighted by Gasteiger charge is 2.22. The fourth-order valence-corrected chi connectivity index (χ4v) is 2.73. The van der Waals surface area contributed by atoms with E-state index in [-0.39, 0.29) is 11.4 Å². The minimum atomic E-state index is -1.41. The zero-order valence-electron chi connectivity index (χ0n) is 11.8. The summed E-state index contributed by atoms with van der Waals surface area (Å²) in [6.45, 7) is 1.05. The van der Waals surface area contributed by atoms with Crippen LogP contribution >= 0.6 is 0 Å². The van der Waals surface area contributed by atoms with Crippen LogP contribution in [0.4, 0.5) is 10.5 Å². The van der Waals surface area contributed by atoms with Gasteiger partial charge in [0.2, 0.25) is 0 Å². The number of rotatable bonds is 5. The maximum Gasteiger partial charge on any atom is 0.511 e. The summed E-state index contributed by atoms with van der Waals surface area (Å²) >= 11 is 0. The number of carboxylic acid groups (broad SMARTS) is 1. The topological polar surface area (TPSA) is 92.9 Å². The molecular formula is C14H18N2O5. The molecule has 1 fully saturated rings. The summed E-state index contributed by atoms with van der Waals surface area (Å²) in [6.07, 6.45) is 2.21. The van der Waals surface area contributed by atoms with Gasteiger partial charge in [0.1, 0.15) is 5.75 Å². The Balaban J connectivity index is 2.15. The van der Waals surface area contributed by atoms with Gasteiger partial charge in [-0.2, -0.15) is 0 Å². The van der Waals surface area contributed by atoms with E-state index >= 15 is 0 Å². The number of nitro benzene ring substituents is 1. The highest BCUT2D eigenvalue weighted by Crippen LogP contribution is 2.28. The van der Waals surface area contributed by atoms with Crippen molar-refractivity contribution in [3.05, 3.63) is 33.9 Å². The van der Waals surface area contributed by atoms with Crippen molar-refractivity contribution >= 4 is 11.8 Å². The first kappa shape index (κ1) is 15.2. The Morgan fingerprint density at radius 2 is 2.33 bits per heavy atom. The normalized spacial score (nSPS) is 18.6. The van der Waals surface area contributed by atoms with Crippen LogP contribution in [0.3, 0.4) is 0 Å². The minimum absolute atomic E-state index is 0.0532. The molecule has 0 aliphatic carbocycles. The van der Waals surface area contributed by atoms with Gasteiger partial charge in [-0.05, 0) is 45.3 Å². The molecule has 0 aromatic heterocycles. The molecule has 1 aliphatic rings. The molecule has 0 radical (unpaired) electrons. The van der Waals surface area contributed by atoms with Gasteiger partial charge in [0.15, 0.2) is 0 Å². The molecule has 1 unspecified atom stereocenters. The van der Waals surface area contributed by atoms with Crippen LogP contribution in [0.5, 0.6) is 5.75 Å². The molecule has 0 bridgehead atoms. The van der Waals surface area contributed by atoms with Crippen LogP contribution in [-0.2, 0) is 6.42 Å². The van der Waals surface area contributed by atoms with E-state index in [1.165, 1.54) is 18.2 Å². The van der Waals surface area contributed by atoms with E-state index in [0.29, 0.717) is 18.0 Å². The summed E-state index contributed by atoms with van der Waals surface area (Å²) in [6, 6.07) is 4.43. The molecule has 1 aliphatic heterocycles. The Hall–Kier alpha value is -2.15. The lowest BCUT2D eigenvalue weighted by molar-refractivity contribution is -0.384. The Labute approximate surface area is 122 Å². The number of carbonyl (C=O) groups is 1. The van der Waals surface area contributed by atoms with Crippen molar-refractivity contribution in [2.24, 2.45) is 0 Å². The van der Waals surface area contributed by atoms with Gasteiger partial charge in [-0.3, -0.25) is 10.1 Å². The van der Waals surface area contributed by atoms with Crippen LogP contribution in [-0.4, -0.2) is 40.7 Å². The molecule has 0 amide bonds. The fourth-order valence-electron chi connectivity index (χ4n) is 2.73. The number of aryl methyl sites for hydroxylation is 1. The molecule has 1 aromatic carbocycles. The van der Waals surface area contributed by atoms with E-state index in [4.69, 9.17) is 9.84 Å². The predicted octanol–water partition coefficient (Wildman–Crippen LogP) is 2.68. The number of benzene rings is 1. The van der Waals surface area contributed by atoms with Gasteiger partial charge in [0, 0.05) is 23.7 Å². The summed E-state index contributed by atoms with van der Waals surface area (Å²) in [5.41, 5.74) is 0.509. The molecule has 1 N–H and O–H groups in total. The second-order valence-electron chi connectivity index (χ2n) is 5.23. The standard InChI is InChI=1S/C14H18N2O5/c1-15-8-2-3-11(15)5-4-10-9-12(16(19)20)6-7-13(10)21-14(17)18/h6-7,9,11H,2-5,8H2,1H3,(H,17,18). The van der Waals surface area contributed by atoms with Gasteiger partial charge in [0.25, 0.3) is 5.69 Å². The molecule has 7 nitrogen and oxygen atoms in total. The van der Waals surface area contributed by atoms with E-state index in [1.54, 1.807) is 0 Å². The lowest BCUT2D eigenvalue weighted by Crippen LogP contribution is -2.25. The number of nitrogens with zero attached hydrogens (tertiary/aromatic N) is 2. The van der Waals surface area contributed by atoms with Crippen LogP contribution in [0, 0.1) is 10.1 Å². The van der Waals surface area contributed by atoms with E-state index in [0.717, 1.165) is 25.8 Å². The number of non-ortho nitro benzene ring substituents is 1. The van der Waals surface area contributed by atoms with Gasteiger partial charge in [-0.1, -0.05) is 0 Å². The quantitative estimate of drug-likeness (QED) is 0.388. The first-order valence-electron chi connectivity index (χ1n) is 6.85. The highest BCUT2D eigenvalue weighted by molar-refractivity contribution is 5.62. The molecule has 2 rings (SSSR count). The minimum Gasteiger partial charge on any atom is -0.449 e. The Kier molecular flexibility index (Phi) is 4.74. The SMILES string of the molecule is CN1CCCC1CCc1cc([N+](=O)[O-])ccc1OC(=O)O. The third kappa shape index (κ3) is 3.91. The van der Waals surface area contributed by atoms with Crippen molar-refractivity contribution in [2.75, 3.05) is 13.6 Å². The van der Waals surface area contributed by atoms with Gasteiger partial charge in [-0.25, -0.2) is 4.79 Å². The van der Waals surface area contributed by atoms with Crippen molar-refractivity contribution in [3.8, 4) is 5.75 Å². The largest absolute Gasteiger partial charge is 0.511 e. The average Bonchev–Trinajstić information content (AvgIpc) is 2.82. The van der Waals surface area contributed by atoms with Crippen LogP contribution in [0.25, 0.3) is 0 Å². The Morgan fingerprint density at radius 3 is 2.90 bits per heavy atom. The van der Waals surface area contributed by atoms with Crippen molar-refractivity contribution in [1.82, 2.24) is 4.90 Å². The van der Waals surface area contributed by atoms with Crippen LogP contribution in [0.15, 0.2) is 18.2 Å². The zero-order chi connectivity index (χ0) is 15.4. The maximum atomic E-state index is 10.8. The molecule has 0 saturated carbocycles. The highest BCUT2D eigenvalue weighted by atomic mass is 16.7. The summed E-state index contributed by atoms with van der Waals surface area (Å²) in [5, 5.41) is 19.6. The molecule has 1 heterocycles. The van der Waals surface area contributed by atoms with E-state index in [2.05, 4.69) is 11.9 Å². The molecule has 0 spiro atoms. The molecule has 7 heteroatoms. The first-order valence-corrected chi connectivity index (χ1v) is 6.85. The molecule has 114 valence electrons. The Morgan fingerprint density at radius 1 is 1.57 bits per heavy atom. The second kappa shape index (κ2) is 6.53. The van der Waals surface area contributed by atoms with E-state index in [9.17, 15) is 14.9 Å². The van der Waals surface area contributed by atoms with Gasteiger partial charge >= 0.3 is 6.16 Å². The second-order valence-corrected chi connectivity index (χ2v) is 5.23. The van der Waals surface area contributed by atoms with Crippen LogP contribution in [0.1, 0.15) is 24.8 Å². The molecule has 1 aromatic rings. The lowest BCUT2D eigenvalue weighted by Gasteiger charge is -2.19. The monoisotopic (exact) mass is 294 g/mol. The molecule has 21 heavy (non-hydrogen) atoms. The van der Waals surface area contributed by atoms with Crippen LogP contribution < -0.4 is 4.74 Å². The Bertz CT molecular complexity index is 546. The van der Waals surface area contributed by atoms with E-state index in [1.807, 2.05) is 0 Å². The molecular weight excluding hydrogens is 276 g/mol. The summed E-state index contributed by atoms with van der Waals surface area (Å²) in [4.78, 5) is 23.3. The zero-order valence-corrected chi connectivity index (χ0v) is 11.8. The van der Waals surface area contributed by atoms with Crippen LogP contribution in [0.2, 0.25) is 0 Å².